The predicted molar refractivity (Wildman–Crippen MR) is 77.4 cm³/mol. The summed E-state index contributed by atoms with van der Waals surface area (Å²) < 4.78 is 16.9. The minimum Gasteiger partial charge on any atom is -0.486 e. The third kappa shape index (κ3) is 2.91. The van der Waals surface area contributed by atoms with Crippen LogP contribution < -0.4 is 14.8 Å². The highest BCUT2D eigenvalue weighted by Gasteiger charge is 2.22. The number of rotatable bonds is 4. The number of hydrogen-bond donors (Lipinski definition) is 1. The summed E-state index contributed by atoms with van der Waals surface area (Å²) in [6, 6.07) is 4.30. The molecule has 1 aromatic carbocycles. The van der Waals surface area contributed by atoms with Gasteiger partial charge in [0.2, 0.25) is 0 Å². The maximum atomic E-state index is 5.89. The van der Waals surface area contributed by atoms with Gasteiger partial charge in [-0.2, -0.15) is 0 Å². The molecule has 110 valence electrons. The third-order valence-electron chi connectivity index (χ3n) is 4.12. The van der Waals surface area contributed by atoms with Gasteiger partial charge in [-0.1, -0.05) is 12.1 Å². The summed E-state index contributed by atoms with van der Waals surface area (Å²) in [6.45, 7) is 4.10. The quantitative estimate of drug-likeness (QED) is 0.915. The van der Waals surface area contributed by atoms with E-state index in [-0.39, 0.29) is 0 Å². The summed E-state index contributed by atoms with van der Waals surface area (Å²) in [7, 11) is 1.71. The minimum absolute atomic E-state index is 0.569. The molecule has 0 atom stereocenters. The molecule has 0 unspecified atom stereocenters. The largest absolute Gasteiger partial charge is 0.486 e. The van der Waals surface area contributed by atoms with Gasteiger partial charge in [0, 0.05) is 12.7 Å². The van der Waals surface area contributed by atoms with Gasteiger partial charge >= 0.3 is 0 Å². The molecule has 1 aromatic rings. The fraction of sp³-hybridized carbons (Fsp3) is 0.625. The van der Waals surface area contributed by atoms with Gasteiger partial charge in [0.05, 0.1) is 6.61 Å². The number of methoxy groups -OCH3 is 1. The molecule has 1 fully saturated rings. The number of piperidine rings is 1. The zero-order valence-electron chi connectivity index (χ0n) is 12.1. The third-order valence-corrected chi connectivity index (χ3v) is 4.12. The monoisotopic (exact) mass is 277 g/mol. The highest BCUT2D eigenvalue weighted by molar-refractivity contribution is 5.52. The first-order chi connectivity index (χ1) is 9.88. The average molecular weight is 277 g/mol. The van der Waals surface area contributed by atoms with Crippen LogP contribution in [0.4, 0.5) is 0 Å². The van der Waals surface area contributed by atoms with E-state index < -0.39 is 0 Å². The molecule has 0 radical (unpaired) electrons. The summed E-state index contributed by atoms with van der Waals surface area (Å²) in [4.78, 5) is 0. The Labute approximate surface area is 120 Å². The van der Waals surface area contributed by atoms with Crippen molar-refractivity contribution in [1.29, 1.82) is 0 Å². The lowest BCUT2D eigenvalue weighted by molar-refractivity contribution is 0.151. The van der Waals surface area contributed by atoms with Crippen molar-refractivity contribution in [2.75, 3.05) is 33.4 Å². The molecule has 2 heterocycles. The van der Waals surface area contributed by atoms with Gasteiger partial charge in [0.1, 0.15) is 13.2 Å². The molecule has 20 heavy (non-hydrogen) atoms. The van der Waals surface area contributed by atoms with Crippen LogP contribution in [0.15, 0.2) is 12.1 Å². The van der Waals surface area contributed by atoms with Crippen LogP contribution in [0.3, 0.4) is 0 Å². The van der Waals surface area contributed by atoms with Crippen molar-refractivity contribution in [2.24, 2.45) is 5.92 Å². The number of nitrogens with one attached hydrogen (secondary N) is 1. The molecular weight excluding hydrogens is 254 g/mol. The lowest BCUT2D eigenvalue weighted by Crippen LogP contribution is -2.29. The fourth-order valence-electron chi connectivity index (χ4n) is 3.07. The summed E-state index contributed by atoms with van der Waals surface area (Å²) in [6.07, 6.45) is 3.57. The highest BCUT2D eigenvalue weighted by Crippen LogP contribution is 2.39. The Morgan fingerprint density at radius 2 is 1.75 bits per heavy atom. The van der Waals surface area contributed by atoms with Gasteiger partial charge in [-0.25, -0.2) is 0 Å². The van der Waals surface area contributed by atoms with E-state index in [1.807, 2.05) is 0 Å². The molecular formula is C16H23NO3. The summed E-state index contributed by atoms with van der Waals surface area (Å²) in [5.74, 6) is 2.59. The first-order valence-corrected chi connectivity index (χ1v) is 7.48. The van der Waals surface area contributed by atoms with Crippen LogP contribution in [0.2, 0.25) is 0 Å². The highest BCUT2D eigenvalue weighted by atomic mass is 16.6. The predicted octanol–water partition coefficient (Wildman–Crippen LogP) is 2.15. The van der Waals surface area contributed by atoms with E-state index in [1.165, 1.54) is 18.4 Å². The Bertz CT molecular complexity index is 455. The molecule has 0 aliphatic carbocycles. The van der Waals surface area contributed by atoms with Crippen molar-refractivity contribution in [2.45, 2.75) is 25.9 Å². The first-order valence-electron chi connectivity index (χ1n) is 7.48. The summed E-state index contributed by atoms with van der Waals surface area (Å²) in [5.41, 5.74) is 2.36. The van der Waals surface area contributed by atoms with Crippen molar-refractivity contribution in [1.82, 2.24) is 5.32 Å². The lowest BCUT2D eigenvalue weighted by atomic mass is 9.90. The fourth-order valence-corrected chi connectivity index (χ4v) is 3.07. The number of fused-ring (bicyclic) bond motifs is 1. The van der Waals surface area contributed by atoms with Gasteiger partial charge < -0.3 is 19.5 Å². The van der Waals surface area contributed by atoms with Gasteiger partial charge in [-0.15, -0.1) is 0 Å². The number of benzene rings is 1. The van der Waals surface area contributed by atoms with Crippen LogP contribution in [0.1, 0.15) is 24.0 Å². The van der Waals surface area contributed by atoms with Crippen LogP contribution in [-0.2, 0) is 17.8 Å². The lowest BCUT2D eigenvalue weighted by Gasteiger charge is -2.27. The molecule has 0 bridgehead atoms. The van der Waals surface area contributed by atoms with E-state index >= 15 is 0 Å². The Kier molecular flexibility index (Phi) is 4.43. The Morgan fingerprint density at radius 3 is 2.45 bits per heavy atom. The van der Waals surface area contributed by atoms with Crippen molar-refractivity contribution < 1.29 is 14.2 Å². The topological polar surface area (TPSA) is 39.7 Å². The molecule has 1 N–H and O–H groups in total. The Balaban J connectivity index is 1.83. The standard InChI is InChI=1S/C16H23NO3/c1-18-11-14-3-2-13(10-12-4-6-17-7-5-12)15-16(14)20-9-8-19-15/h2-3,12,17H,4-11H2,1H3. The molecule has 0 amide bonds. The summed E-state index contributed by atoms with van der Waals surface area (Å²) in [5, 5.41) is 3.42. The second-order valence-corrected chi connectivity index (χ2v) is 5.57. The van der Waals surface area contributed by atoms with Gasteiger partial charge in [0.15, 0.2) is 11.5 Å². The van der Waals surface area contributed by atoms with Crippen molar-refractivity contribution in [3.05, 3.63) is 23.3 Å². The zero-order chi connectivity index (χ0) is 13.8. The minimum atomic E-state index is 0.569. The average Bonchev–Trinajstić information content (AvgIpc) is 2.51. The molecule has 4 heteroatoms. The maximum Gasteiger partial charge on any atom is 0.167 e. The smallest absolute Gasteiger partial charge is 0.167 e. The molecule has 2 aliphatic rings. The van der Waals surface area contributed by atoms with E-state index in [4.69, 9.17) is 14.2 Å². The van der Waals surface area contributed by atoms with E-state index in [0.29, 0.717) is 19.8 Å². The van der Waals surface area contributed by atoms with Gasteiger partial charge in [0.25, 0.3) is 0 Å². The van der Waals surface area contributed by atoms with Crippen LogP contribution in [0.5, 0.6) is 11.5 Å². The molecule has 0 saturated carbocycles. The van der Waals surface area contributed by atoms with Crippen LogP contribution >= 0.6 is 0 Å². The van der Waals surface area contributed by atoms with Crippen LogP contribution in [0, 0.1) is 5.92 Å². The molecule has 2 aliphatic heterocycles. The van der Waals surface area contributed by atoms with Gasteiger partial charge in [-0.05, 0) is 43.8 Å². The van der Waals surface area contributed by atoms with E-state index in [9.17, 15) is 0 Å². The number of ether oxygens (including phenoxy) is 3. The van der Waals surface area contributed by atoms with Crippen LogP contribution in [-0.4, -0.2) is 33.4 Å². The van der Waals surface area contributed by atoms with Crippen molar-refractivity contribution in [3.8, 4) is 11.5 Å². The van der Waals surface area contributed by atoms with E-state index in [0.717, 1.165) is 42.5 Å². The van der Waals surface area contributed by atoms with Gasteiger partial charge in [-0.3, -0.25) is 0 Å². The number of hydrogen-bond acceptors (Lipinski definition) is 4. The van der Waals surface area contributed by atoms with Crippen molar-refractivity contribution >= 4 is 0 Å². The molecule has 1 saturated heterocycles. The summed E-state index contributed by atoms with van der Waals surface area (Å²) >= 11 is 0. The SMILES string of the molecule is COCc1ccc(CC2CCNCC2)c2c1OCCO2. The molecule has 0 aromatic heterocycles. The van der Waals surface area contributed by atoms with E-state index in [1.54, 1.807) is 7.11 Å². The molecule has 0 spiro atoms. The maximum absolute atomic E-state index is 5.89. The normalized spacial score (nSPS) is 19.1. The molecule has 4 nitrogen and oxygen atoms in total. The van der Waals surface area contributed by atoms with Crippen LogP contribution in [0.25, 0.3) is 0 Å². The van der Waals surface area contributed by atoms with Crippen molar-refractivity contribution in [3.63, 3.8) is 0 Å². The second-order valence-electron chi connectivity index (χ2n) is 5.57. The molecule has 3 rings (SSSR count). The Morgan fingerprint density at radius 1 is 1.10 bits per heavy atom. The first kappa shape index (κ1) is 13.7. The second kappa shape index (κ2) is 6.46. The Hall–Kier alpha value is -1.26. The zero-order valence-corrected chi connectivity index (χ0v) is 12.1. The van der Waals surface area contributed by atoms with E-state index in [2.05, 4.69) is 17.4 Å².